The Bertz CT molecular complexity index is 630. The summed E-state index contributed by atoms with van der Waals surface area (Å²) in [5, 5.41) is 0. The van der Waals surface area contributed by atoms with Gasteiger partial charge >= 0.3 is 0 Å². The van der Waals surface area contributed by atoms with E-state index >= 15 is 0 Å². The largest absolute Gasteiger partial charge is 0.263 e. The van der Waals surface area contributed by atoms with Crippen molar-refractivity contribution in [3.63, 3.8) is 0 Å². The number of aromatic nitrogens is 1. The Hall–Kier alpha value is -2.41. The fourth-order valence-corrected chi connectivity index (χ4v) is 2.60. The van der Waals surface area contributed by atoms with Crippen LogP contribution in [0.4, 0.5) is 0 Å². The molecule has 1 heterocycles. The molecule has 1 heteroatoms. The highest BCUT2D eigenvalue weighted by atomic mass is 14.6. The van der Waals surface area contributed by atoms with E-state index in [-0.39, 0.29) is 0 Å². The van der Waals surface area contributed by atoms with Crippen LogP contribution in [0.25, 0.3) is 22.3 Å². The summed E-state index contributed by atoms with van der Waals surface area (Å²) in [6.45, 7) is 2.20. The zero-order valence-corrected chi connectivity index (χ0v) is 11.6. The van der Waals surface area contributed by atoms with Gasteiger partial charge < -0.3 is 0 Å². The summed E-state index contributed by atoms with van der Waals surface area (Å²) in [5.74, 6) is 0. The lowest BCUT2D eigenvalue weighted by Gasteiger charge is -2.13. The van der Waals surface area contributed by atoms with E-state index in [4.69, 9.17) is 0 Å². The Morgan fingerprint density at radius 1 is 0.700 bits per heavy atom. The van der Waals surface area contributed by atoms with E-state index in [0.29, 0.717) is 0 Å². The molecule has 0 atom stereocenters. The molecule has 3 rings (SSSR count). The molecule has 0 bridgehead atoms. The maximum absolute atomic E-state index is 4.45. The molecule has 2 aromatic carbocycles. The monoisotopic (exact) mass is 259 g/mol. The molecule has 98 valence electrons. The van der Waals surface area contributed by atoms with Crippen molar-refractivity contribution in [1.82, 2.24) is 4.98 Å². The SMILES string of the molecule is CCc1c(-c2ccccc2)cncc1-c1ccccc1. The van der Waals surface area contributed by atoms with Crippen molar-refractivity contribution in [3.05, 3.63) is 78.6 Å². The predicted octanol–water partition coefficient (Wildman–Crippen LogP) is 4.98. The van der Waals surface area contributed by atoms with Crippen molar-refractivity contribution in [1.29, 1.82) is 0 Å². The Labute approximate surface area is 119 Å². The number of pyridine rings is 1. The maximum Gasteiger partial charge on any atom is 0.0349 e. The second-order valence-corrected chi connectivity index (χ2v) is 4.80. The minimum atomic E-state index is 0.997. The molecule has 0 aliphatic carbocycles. The molecule has 0 unspecified atom stereocenters. The second kappa shape index (κ2) is 5.70. The summed E-state index contributed by atoms with van der Waals surface area (Å²) >= 11 is 0. The van der Waals surface area contributed by atoms with Crippen molar-refractivity contribution in [2.24, 2.45) is 0 Å². The maximum atomic E-state index is 4.45. The van der Waals surface area contributed by atoms with Crippen molar-refractivity contribution in [2.45, 2.75) is 13.3 Å². The highest BCUT2D eigenvalue weighted by molar-refractivity contribution is 5.77. The molecule has 0 aliphatic heterocycles. The normalized spacial score (nSPS) is 10.4. The minimum absolute atomic E-state index is 0.997. The van der Waals surface area contributed by atoms with Crippen LogP contribution in [0.15, 0.2) is 73.1 Å². The first-order valence-electron chi connectivity index (χ1n) is 6.98. The molecule has 0 amide bonds. The fraction of sp³-hybridized carbons (Fsp3) is 0.105. The van der Waals surface area contributed by atoms with Gasteiger partial charge in [0.1, 0.15) is 0 Å². The van der Waals surface area contributed by atoms with E-state index in [1.54, 1.807) is 0 Å². The van der Waals surface area contributed by atoms with Crippen LogP contribution in [-0.4, -0.2) is 4.98 Å². The molecule has 1 aromatic heterocycles. The van der Waals surface area contributed by atoms with E-state index < -0.39 is 0 Å². The van der Waals surface area contributed by atoms with Gasteiger partial charge in [0.05, 0.1) is 0 Å². The average Bonchev–Trinajstić information content (AvgIpc) is 2.55. The number of hydrogen-bond donors (Lipinski definition) is 0. The summed E-state index contributed by atoms with van der Waals surface area (Å²) in [7, 11) is 0. The molecule has 0 saturated carbocycles. The first-order valence-corrected chi connectivity index (χ1v) is 6.98. The number of hydrogen-bond acceptors (Lipinski definition) is 1. The van der Waals surface area contributed by atoms with Crippen molar-refractivity contribution in [2.75, 3.05) is 0 Å². The lowest BCUT2D eigenvalue weighted by molar-refractivity contribution is 1.12. The topological polar surface area (TPSA) is 12.9 Å². The number of benzene rings is 2. The van der Waals surface area contributed by atoms with Crippen LogP contribution in [0, 0.1) is 0 Å². The van der Waals surface area contributed by atoms with Gasteiger partial charge in [-0.25, -0.2) is 0 Å². The summed E-state index contributed by atoms with van der Waals surface area (Å²) < 4.78 is 0. The highest BCUT2D eigenvalue weighted by Crippen LogP contribution is 2.31. The average molecular weight is 259 g/mol. The molecule has 20 heavy (non-hydrogen) atoms. The van der Waals surface area contributed by atoms with Gasteiger partial charge in [0, 0.05) is 23.5 Å². The van der Waals surface area contributed by atoms with Crippen molar-refractivity contribution < 1.29 is 0 Å². The minimum Gasteiger partial charge on any atom is -0.263 e. The molecule has 0 aliphatic rings. The Kier molecular flexibility index (Phi) is 3.60. The summed E-state index contributed by atoms with van der Waals surface area (Å²) in [6.07, 6.45) is 4.94. The summed E-state index contributed by atoms with van der Waals surface area (Å²) in [6, 6.07) is 21.0. The number of rotatable bonds is 3. The number of nitrogens with zero attached hydrogens (tertiary/aromatic N) is 1. The van der Waals surface area contributed by atoms with Crippen LogP contribution in [-0.2, 0) is 6.42 Å². The summed E-state index contributed by atoms with van der Waals surface area (Å²) in [4.78, 5) is 4.45. The molecule has 1 nitrogen and oxygen atoms in total. The van der Waals surface area contributed by atoms with Crippen LogP contribution in [0.5, 0.6) is 0 Å². The zero-order chi connectivity index (χ0) is 13.8. The molecule has 0 radical (unpaired) electrons. The first kappa shape index (κ1) is 12.6. The quantitative estimate of drug-likeness (QED) is 0.646. The van der Waals surface area contributed by atoms with Gasteiger partial charge in [-0.05, 0) is 23.1 Å². The Balaban J connectivity index is 2.19. The van der Waals surface area contributed by atoms with E-state index in [9.17, 15) is 0 Å². The van der Waals surface area contributed by atoms with Gasteiger partial charge in [-0.3, -0.25) is 4.98 Å². The van der Waals surface area contributed by atoms with Gasteiger partial charge in [0.15, 0.2) is 0 Å². The van der Waals surface area contributed by atoms with Crippen LogP contribution in [0.1, 0.15) is 12.5 Å². The van der Waals surface area contributed by atoms with Crippen molar-refractivity contribution >= 4 is 0 Å². The standard InChI is InChI=1S/C19H17N/c1-2-17-18(15-9-5-3-6-10-15)13-20-14-19(17)16-11-7-4-8-12-16/h3-14H,2H2,1H3. The molecule has 0 N–H and O–H groups in total. The van der Waals surface area contributed by atoms with Crippen LogP contribution < -0.4 is 0 Å². The second-order valence-electron chi connectivity index (χ2n) is 4.80. The van der Waals surface area contributed by atoms with E-state index in [0.717, 1.165) is 6.42 Å². The van der Waals surface area contributed by atoms with Crippen molar-refractivity contribution in [3.8, 4) is 22.3 Å². The van der Waals surface area contributed by atoms with E-state index in [2.05, 4.69) is 60.4 Å². The Morgan fingerprint density at radius 2 is 1.15 bits per heavy atom. The third-order valence-corrected chi connectivity index (χ3v) is 3.58. The molecule has 3 aromatic rings. The van der Waals surface area contributed by atoms with Gasteiger partial charge in [-0.15, -0.1) is 0 Å². The third-order valence-electron chi connectivity index (χ3n) is 3.58. The predicted molar refractivity (Wildman–Crippen MR) is 84.5 cm³/mol. The summed E-state index contributed by atoms with van der Waals surface area (Å²) in [5.41, 5.74) is 6.28. The molecule has 0 saturated heterocycles. The molecular weight excluding hydrogens is 242 g/mol. The third kappa shape index (κ3) is 2.35. The first-order chi connectivity index (χ1) is 9.90. The lowest BCUT2D eigenvalue weighted by atomic mass is 9.93. The molecular formula is C19H17N. The lowest BCUT2D eigenvalue weighted by Crippen LogP contribution is -1.94. The van der Waals surface area contributed by atoms with Gasteiger partial charge in [-0.1, -0.05) is 67.6 Å². The van der Waals surface area contributed by atoms with Gasteiger partial charge in [0.25, 0.3) is 0 Å². The van der Waals surface area contributed by atoms with Gasteiger partial charge in [0.2, 0.25) is 0 Å². The molecule has 0 spiro atoms. The smallest absolute Gasteiger partial charge is 0.0349 e. The fourth-order valence-electron chi connectivity index (χ4n) is 2.60. The van der Waals surface area contributed by atoms with Crippen LogP contribution in [0.2, 0.25) is 0 Å². The highest BCUT2D eigenvalue weighted by Gasteiger charge is 2.10. The van der Waals surface area contributed by atoms with Crippen LogP contribution >= 0.6 is 0 Å². The Morgan fingerprint density at radius 3 is 1.55 bits per heavy atom. The van der Waals surface area contributed by atoms with Crippen LogP contribution in [0.3, 0.4) is 0 Å². The van der Waals surface area contributed by atoms with E-state index in [1.807, 2.05) is 24.5 Å². The molecule has 0 fully saturated rings. The zero-order valence-electron chi connectivity index (χ0n) is 11.6. The van der Waals surface area contributed by atoms with E-state index in [1.165, 1.54) is 27.8 Å². The van der Waals surface area contributed by atoms with Gasteiger partial charge in [-0.2, -0.15) is 0 Å².